The standard InChI is InChI=1S/C28H28N2O5S/c1-34-24-14-16-25(17-15-24)35-19-18-29-28(31)23-12-10-21(11-13-23)20-30(36(2,32)33)27-9-5-7-22-6-3-4-8-26(22)27/h3-17H,18-20H2,1-2H3,(H,29,31). The average molecular weight is 505 g/mol. The zero-order valence-corrected chi connectivity index (χ0v) is 21.0. The molecule has 1 amide bonds. The summed E-state index contributed by atoms with van der Waals surface area (Å²) in [5, 5.41) is 4.65. The number of carbonyl (C=O) groups is 1. The van der Waals surface area contributed by atoms with Crippen molar-refractivity contribution in [3.05, 3.63) is 102 Å². The van der Waals surface area contributed by atoms with Gasteiger partial charge in [0.1, 0.15) is 18.1 Å². The minimum Gasteiger partial charge on any atom is -0.497 e. The molecule has 0 aliphatic carbocycles. The molecule has 0 aliphatic rings. The molecule has 7 nitrogen and oxygen atoms in total. The predicted molar refractivity (Wildman–Crippen MR) is 142 cm³/mol. The van der Waals surface area contributed by atoms with Crippen LogP contribution in [0.2, 0.25) is 0 Å². The van der Waals surface area contributed by atoms with Crippen molar-refractivity contribution in [2.75, 3.05) is 30.8 Å². The lowest BCUT2D eigenvalue weighted by atomic mass is 10.1. The van der Waals surface area contributed by atoms with E-state index in [1.54, 1.807) is 61.7 Å². The number of anilines is 1. The Labute approximate surface area is 211 Å². The van der Waals surface area contributed by atoms with Crippen LogP contribution in [0, 0.1) is 0 Å². The van der Waals surface area contributed by atoms with E-state index in [9.17, 15) is 13.2 Å². The molecule has 0 aromatic heterocycles. The van der Waals surface area contributed by atoms with Crippen molar-refractivity contribution in [2.45, 2.75) is 6.54 Å². The van der Waals surface area contributed by atoms with Crippen molar-refractivity contribution in [2.24, 2.45) is 0 Å². The molecule has 0 saturated heterocycles. The minimum absolute atomic E-state index is 0.157. The second-order valence-corrected chi connectivity index (χ2v) is 10.2. The topological polar surface area (TPSA) is 84.9 Å². The van der Waals surface area contributed by atoms with Gasteiger partial charge in [-0.25, -0.2) is 8.42 Å². The van der Waals surface area contributed by atoms with Gasteiger partial charge in [0.05, 0.1) is 32.1 Å². The van der Waals surface area contributed by atoms with Crippen molar-refractivity contribution >= 4 is 32.4 Å². The van der Waals surface area contributed by atoms with Gasteiger partial charge in [0.15, 0.2) is 0 Å². The first-order valence-electron chi connectivity index (χ1n) is 11.4. The molecule has 36 heavy (non-hydrogen) atoms. The zero-order valence-electron chi connectivity index (χ0n) is 20.2. The summed E-state index contributed by atoms with van der Waals surface area (Å²) in [5.41, 5.74) is 1.88. The Morgan fingerprint density at radius 2 is 1.53 bits per heavy atom. The third-order valence-corrected chi connectivity index (χ3v) is 6.82. The third-order valence-electron chi connectivity index (χ3n) is 5.69. The van der Waals surface area contributed by atoms with E-state index in [4.69, 9.17) is 9.47 Å². The maximum atomic E-state index is 12.7. The highest BCUT2D eigenvalue weighted by Crippen LogP contribution is 2.29. The Bertz CT molecular complexity index is 1430. The number of nitrogens with zero attached hydrogens (tertiary/aromatic N) is 1. The molecule has 0 fully saturated rings. The van der Waals surface area contributed by atoms with Gasteiger partial charge >= 0.3 is 0 Å². The van der Waals surface area contributed by atoms with Crippen molar-refractivity contribution in [1.29, 1.82) is 0 Å². The highest BCUT2D eigenvalue weighted by molar-refractivity contribution is 7.92. The molecule has 4 aromatic rings. The summed E-state index contributed by atoms with van der Waals surface area (Å²) in [6.07, 6.45) is 1.20. The molecule has 0 saturated carbocycles. The smallest absolute Gasteiger partial charge is 0.251 e. The lowest BCUT2D eigenvalue weighted by Gasteiger charge is -2.24. The van der Waals surface area contributed by atoms with Gasteiger partial charge < -0.3 is 14.8 Å². The molecule has 8 heteroatoms. The molecule has 186 valence electrons. The number of sulfonamides is 1. The van der Waals surface area contributed by atoms with Gasteiger partial charge in [-0.3, -0.25) is 9.10 Å². The van der Waals surface area contributed by atoms with Gasteiger partial charge in [-0.15, -0.1) is 0 Å². The number of hydrogen-bond acceptors (Lipinski definition) is 5. The van der Waals surface area contributed by atoms with E-state index in [-0.39, 0.29) is 12.5 Å². The molecular formula is C28H28N2O5S. The fraction of sp³-hybridized carbons (Fsp3) is 0.179. The number of rotatable bonds is 10. The SMILES string of the molecule is COc1ccc(OCCNC(=O)c2ccc(CN(c3cccc4ccccc34)S(C)(=O)=O)cc2)cc1. The van der Waals surface area contributed by atoms with E-state index < -0.39 is 10.0 Å². The van der Waals surface area contributed by atoms with E-state index in [0.29, 0.717) is 30.2 Å². The fourth-order valence-corrected chi connectivity index (χ4v) is 4.74. The van der Waals surface area contributed by atoms with E-state index in [0.717, 1.165) is 22.1 Å². The molecule has 0 radical (unpaired) electrons. The summed E-state index contributed by atoms with van der Waals surface area (Å²) >= 11 is 0. The molecule has 0 unspecified atom stereocenters. The quantitative estimate of drug-likeness (QED) is 0.319. The van der Waals surface area contributed by atoms with Gasteiger partial charge in [-0.05, 0) is 53.4 Å². The number of benzene rings is 4. The van der Waals surface area contributed by atoms with Crippen LogP contribution < -0.4 is 19.1 Å². The summed E-state index contributed by atoms with van der Waals surface area (Å²) < 4.78 is 37.5. The van der Waals surface area contributed by atoms with Gasteiger partial charge in [0, 0.05) is 10.9 Å². The summed E-state index contributed by atoms with van der Waals surface area (Å²) in [5.74, 6) is 1.21. The van der Waals surface area contributed by atoms with Crippen LogP contribution in [0.5, 0.6) is 11.5 Å². The van der Waals surface area contributed by atoms with Crippen molar-refractivity contribution in [3.8, 4) is 11.5 Å². The number of hydrogen-bond donors (Lipinski definition) is 1. The van der Waals surface area contributed by atoms with E-state index in [1.807, 2.05) is 36.4 Å². The average Bonchev–Trinajstić information content (AvgIpc) is 2.89. The van der Waals surface area contributed by atoms with E-state index >= 15 is 0 Å². The molecule has 0 bridgehead atoms. The van der Waals surface area contributed by atoms with Crippen LogP contribution in [0.15, 0.2) is 91.0 Å². The number of ether oxygens (including phenoxy) is 2. The van der Waals surface area contributed by atoms with Crippen LogP contribution in [-0.2, 0) is 16.6 Å². The van der Waals surface area contributed by atoms with Gasteiger partial charge in [0.2, 0.25) is 10.0 Å². The lowest BCUT2D eigenvalue weighted by Crippen LogP contribution is -2.30. The monoisotopic (exact) mass is 504 g/mol. The molecule has 4 aromatic carbocycles. The predicted octanol–water partition coefficient (Wildman–Crippen LogP) is 4.62. The molecule has 4 rings (SSSR count). The van der Waals surface area contributed by atoms with Crippen molar-refractivity contribution < 1.29 is 22.7 Å². The van der Waals surface area contributed by atoms with Crippen LogP contribution in [0.25, 0.3) is 10.8 Å². The number of carbonyl (C=O) groups excluding carboxylic acids is 1. The van der Waals surface area contributed by atoms with Crippen LogP contribution in [0.3, 0.4) is 0 Å². The summed E-state index contributed by atoms with van der Waals surface area (Å²) in [4.78, 5) is 12.5. The first-order chi connectivity index (χ1) is 17.3. The first kappa shape index (κ1) is 25.1. The first-order valence-corrected chi connectivity index (χ1v) is 13.3. The van der Waals surface area contributed by atoms with Gasteiger partial charge in [-0.2, -0.15) is 0 Å². The Balaban J connectivity index is 1.38. The maximum Gasteiger partial charge on any atom is 0.251 e. The Kier molecular flexibility index (Phi) is 7.75. The van der Waals surface area contributed by atoms with Gasteiger partial charge in [-0.1, -0.05) is 48.5 Å². The molecular weight excluding hydrogens is 476 g/mol. The van der Waals surface area contributed by atoms with Crippen LogP contribution in [0.1, 0.15) is 15.9 Å². The molecule has 1 N–H and O–H groups in total. The number of methoxy groups -OCH3 is 1. The van der Waals surface area contributed by atoms with Gasteiger partial charge in [0.25, 0.3) is 5.91 Å². The number of amides is 1. The van der Waals surface area contributed by atoms with E-state index in [1.165, 1.54) is 10.6 Å². The second kappa shape index (κ2) is 11.1. The molecule has 0 spiro atoms. The van der Waals surface area contributed by atoms with Crippen molar-refractivity contribution in [1.82, 2.24) is 5.32 Å². The third kappa shape index (κ3) is 6.14. The van der Waals surface area contributed by atoms with E-state index in [2.05, 4.69) is 5.32 Å². The largest absolute Gasteiger partial charge is 0.497 e. The summed E-state index contributed by atoms with van der Waals surface area (Å²) in [6.45, 7) is 0.824. The van der Waals surface area contributed by atoms with Crippen molar-refractivity contribution in [3.63, 3.8) is 0 Å². The normalized spacial score (nSPS) is 11.2. The van der Waals surface area contributed by atoms with Crippen LogP contribution >= 0.6 is 0 Å². The zero-order chi connectivity index (χ0) is 25.5. The summed E-state index contributed by atoms with van der Waals surface area (Å²) in [6, 6.07) is 27.4. The summed E-state index contributed by atoms with van der Waals surface area (Å²) in [7, 11) is -1.94. The maximum absolute atomic E-state index is 12.7. The minimum atomic E-state index is -3.54. The Morgan fingerprint density at radius 1 is 0.861 bits per heavy atom. The highest BCUT2D eigenvalue weighted by atomic mass is 32.2. The Morgan fingerprint density at radius 3 is 2.22 bits per heavy atom. The van der Waals surface area contributed by atoms with Crippen LogP contribution in [0.4, 0.5) is 5.69 Å². The fourth-order valence-electron chi connectivity index (χ4n) is 3.84. The Hall–Kier alpha value is -4.04. The number of nitrogens with one attached hydrogen (secondary N) is 1. The molecule has 0 aliphatic heterocycles. The lowest BCUT2D eigenvalue weighted by molar-refractivity contribution is 0.0947. The van der Waals surface area contributed by atoms with Crippen LogP contribution in [-0.4, -0.2) is 40.8 Å². The molecule has 0 heterocycles. The molecule has 0 atom stereocenters. The second-order valence-electron chi connectivity index (χ2n) is 8.24. The number of fused-ring (bicyclic) bond motifs is 1. The highest BCUT2D eigenvalue weighted by Gasteiger charge is 2.20.